The lowest BCUT2D eigenvalue weighted by atomic mass is 10.0. The number of rotatable bonds is 19. The molecule has 1 nitrogen and oxygen atoms in total. The maximum absolute atomic E-state index is 5.54. The summed E-state index contributed by atoms with van der Waals surface area (Å²) in [7, 11) is 0. The molecule has 2 heteroatoms. The maximum atomic E-state index is 5.54. The Morgan fingerprint density at radius 1 is 0.500 bits per heavy atom. The largest absolute Gasteiger partial charge is 0.381 e. The Kier molecular flexibility index (Phi) is 21.6. The van der Waals surface area contributed by atoms with Gasteiger partial charge in [0.2, 0.25) is 0 Å². The number of thiol groups is 1. The van der Waals surface area contributed by atoms with Gasteiger partial charge in [0.05, 0.1) is 0 Å². The number of hydrogen-bond donors (Lipinski definition) is 1. The zero-order valence-electron chi connectivity index (χ0n) is 15.3. The third-order valence-corrected chi connectivity index (χ3v) is 4.66. The fraction of sp³-hybridized carbons (Fsp3) is 1.00. The van der Waals surface area contributed by atoms with Crippen molar-refractivity contribution in [1.82, 2.24) is 0 Å². The van der Waals surface area contributed by atoms with Crippen LogP contribution in [0.3, 0.4) is 0 Å². The van der Waals surface area contributed by atoms with Crippen LogP contribution in [0.4, 0.5) is 0 Å². The van der Waals surface area contributed by atoms with Crippen LogP contribution in [-0.4, -0.2) is 19.0 Å². The van der Waals surface area contributed by atoms with Gasteiger partial charge in [-0.05, 0) is 18.6 Å². The van der Waals surface area contributed by atoms with Crippen molar-refractivity contribution in [3.63, 3.8) is 0 Å². The maximum Gasteiger partial charge on any atom is 0.0473 e. The predicted octanol–water partition coefficient (Wildman–Crippen LogP) is 7.19. The average molecular weight is 331 g/mol. The normalized spacial score (nSPS) is 11.2. The van der Waals surface area contributed by atoms with Gasteiger partial charge in [0.25, 0.3) is 0 Å². The van der Waals surface area contributed by atoms with Gasteiger partial charge in [-0.15, -0.1) is 0 Å². The molecule has 22 heavy (non-hydrogen) atoms. The number of ether oxygens (including phenoxy) is 1. The van der Waals surface area contributed by atoms with E-state index in [4.69, 9.17) is 4.74 Å². The van der Waals surface area contributed by atoms with E-state index in [2.05, 4.69) is 19.6 Å². The summed E-state index contributed by atoms with van der Waals surface area (Å²) in [5.74, 6) is 0.943. The van der Waals surface area contributed by atoms with E-state index in [1.54, 1.807) is 0 Å². The van der Waals surface area contributed by atoms with Crippen molar-refractivity contribution in [3.05, 3.63) is 0 Å². The lowest BCUT2D eigenvalue weighted by molar-refractivity contribution is 0.131. The molecule has 0 unspecified atom stereocenters. The minimum absolute atomic E-state index is 0.891. The Balaban J connectivity index is 2.91. The zero-order chi connectivity index (χ0) is 16.1. The smallest absolute Gasteiger partial charge is 0.0473 e. The van der Waals surface area contributed by atoms with Crippen LogP contribution in [0.5, 0.6) is 0 Å². The molecule has 0 bridgehead atoms. The summed E-state index contributed by atoms with van der Waals surface area (Å²) in [5.41, 5.74) is 0. The Morgan fingerprint density at radius 2 is 0.864 bits per heavy atom. The van der Waals surface area contributed by atoms with Crippen LogP contribution in [0.15, 0.2) is 0 Å². The first-order valence-corrected chi connectivity index (χ1v) is 10.7. The highest BCUT2D eigenvalue weighted by molar-refractivity contribution is 7.80. The summed E-state index contributed by atoms with van der Waals surface area (Å²) >= 11 is 4.18. The monoisotopic (exact) mass is 330 g/mol. The summed E-state index contributed by atoms with van der Waals surface area (Å²) < 4.78 is 5.54. The lowest BCUT2D eigenvalue weighted by Gasteiger charge is -2.04. The van der Waals surface area contributed by atoms with E-state index in [9.17, 15) is 0 Å². The SMILES string of the molecule is CCCCCCCCCCCCCCCCCOCCCS. The molecule has 0 N–H and O–H groups in total. The summed E-state index contributed by atoms with van der Waals surface area (Å²) in [6.07, 6.45) is 22.4. The topological polar surface area (TPSA) is 9.23 Å². The molecule has 134 valence electrons. The van der Waals surface area contributed by atoms with Crippen LogP contribution in [0.25, 0.3) is 0 Å². The average Bonchev–Trinajstić information content (AvgIpc) is 2.54. The molecule has 0 amide bonds. The van der Waals surface area contributed by atoms with Crippen molar-refractivity contribution in [2.24, 2.45) is 0 Å². The highest BCUT2D eigenvalue weighted by Gasteiger charge is 1.94. The first-order chi connectivity index (χ1) is 10.9. The fourth-order valence-electron chi connectivity index (χ4n) is 2.84. The van der Waals surface area contributed by atoms with E-state index in [1.165, 1.54) is 96.3 Å². The van der Waals surface area contributed by atoms with Gasteiger partial charge in [-0.3, -0.25) is 0 Å². The molecule has 0 fully saturated rings. The van der Waals surface area contributed by atoms with Gasteiger partial charge in [0, 0.05) is 13.2 Å². The highest BCUT2D eigenvalue weighted by atomic mass is 32.1. The van der Waals surface area contributed by atoms with Gasteiger partial charge in [-0.1, -0.05) is 96.8 Å². The van der Waals surface area contributed by atoms with Crippen LogP contribution in [0, 0.1) is 0 Å². The van der Waals surface area contributed by atoms with E-state index < -0.39 is 0 Å². The Bertz CT molecular complexity index is 165. The molecule has 0 saturated heterocycles. The second-order valence-corrected chi connectivity index (χ2v) is 7.09. The Morgan fingerprint density at radius 3 is 1.27 bits per heavy atom. The van der Waals surface area contributed by atoms with Crippen LogP contribution in [-0.2, 0) is 4.74 Å². The summed E-state index contributed by atoms with van der Waals surface area (Å²) in [5, 5.41) is 0. The third-order valence-electron chi connectivity index (χ3n) is 4.34. The van der Waals surface area contributed by atoms with Crippen molar-refractivity contribution in [1.29, 1.82) is 0 Å². The fourth-order valence-corrected chi connectivity index (χ4v) is 2.97. The van der Waals surface area contributed by atoms with Gasteiger partial charge < -0.3 is 4.74 Å². The van der Waals surface area contributed by atoms with Crippen LogP contribution in [0.1, 0.15) is 110 Å². The van der Waals surface area contributed by atoms with Gasteiger partial charge in [-0.2, -0.15) is 12.6 Å². The lowest BCUT2D eigenvalue weighted by Crippen LogP contribution is -1.97. The van der Waals surface area contributed by atoms with Crippen molar-refractivity contribution in [3.8, 4) is 0 Å². The molecule has 0 aliphatic rings. The summed E-state index contributed by atoms with van der Waals surface area (Å²) in [4.78, 5) is 0. The number of unbranched alkanes of at least 4 members (excludes halogenated alkanes) is 14. The van der Waals surface area contributed by atoms with Gasteiger partial charge in [0.1, 0.15) is 0 Å². The minimum Gasteiger partial charge on any atom is -0.381 e. The first-order valence-electron chi connectivity index (χ1n) is 10.1. The highest BCUT2D eigenvalue weighted by Crippen LogP contribution is 2.13. The molecule has 0 spiro atoms. The molecule has 0 radical (unpaired) electrons. The van der Waals surface area contributed by atoms with E-state index in [1.807, 2.05) is 0 Å². The van der Waals surface area contributed by atoms with Gasteiger partial charge >= 0.3 is 0 Å². The van der Waals surface area contributed by atoms with Crippen molar-refractivity contribution in [2.75, 3.05) is 19.0 Å². The molecule has 0 aromatic rings. The van der Waals surface area contributed by atoms with E-state index in [0.717, 1.165) is 25.4 Å². The third kappa shape index (κ3) is 20.3. The predicted molar refractivity (Wildman–Crippen MR) is 104 cm³/mol. The summed E-state index contributed by atoms with van der Waals surface area (Å²) in [6, 6.07) is 0. The van der Waals surface area contributed by atoms with Gasteiger partial charge in [0.15, 0.2) is 0 Å². The van der Waals surface area contributed by atoms with E-state index >= 15 is 0 Å². The first kappa shape index (κ1) is 22.3. The molecule has 0 aromatic heterocycles. The molecule has 0 atom stereocenters. The van der Waals surface area contributed by atoms with Gasteiger partial charge in [-0.25, -0.2) is 0 Å². The molecule has 0 aliphatic carbocycles. The van der Waals surface area contributed by atoms with E-state index in [0.29, 0.717) is 0 Å². The van der Waals surface area contributed by atoms with Crippen molar-refractivity contribution >= 4 is 12.6 Å². The molecular weight excluding hydrogens is 288 g/mol. The van der Waals surface area contributed by atoms with Crippen LogP contribution < -0.4 is 0 Å². The Hall–Kier alpha value is 0.310. The molecule has 0 rings (SSSR count). The zero-order valence-corrected chi connectivity index (χ0v) is 16.2. The minimum atomic E-state index is 0.891. The van der Waals surface area contributed by atoms with Crippen LogP contribution >= 0.6 is 12.6 Å². The Labute approximate surface area is 146 Å². The number of hydrogen-bond acceptors (Lipinski definition) is 2. The second-order valence-electron chi connectivity index (χ2n) is 6.64. The van der Waals surface area contributed by atoms with Crippen molar-refractivity contribution in [2.45, 2.75) is 110 Å². The summed E-state index contributed by atoms with van der Waals surface area (Å²) in [6.45, 7) is 4.13. The molecular formula is C20H42OS. The van der Waals surface area contributed by atoms with Crippen LogP contribution in [0.2, 0.25) is 0 Å². The van der Waals surface area contributed by atoms with E-state index in [-0.39, 0.29) is 0 Å². The molecule has 0 heterocycles. The quantitative estimate of drug-likeness (QED) is 0.195. The second kappa shape index (κ2) is 21.3. The standard InChI is InChI=1S/C20H42OS/c1-2-3-4-5-6-7-8-9-10-11-12-13-14-15-16-18-21-19-17-20-22/h22H,2-20H2,1H3. The molecule has 0 aliphatic heterocycles. The molecule has 0 saturated carbocycles. The molecule has 0 aromatic carbocycles. The van der Waals surface area contributed by atoms with Crippen molar-refractivity contribution < 1.29 is 4.74 Å².